The minimum atomic E-state index is -0.794. The Balaban J connectivity index is 1.55. The number of hydrogen-bond acceptors (Lipinski definition) is 3. The summed E-state index contributed by atoms with van der Waals surface area (Å²) in [5.41, 5.74) is 5.34. The third-order valence-corrected chi connectivity index (χ3v) is 8.03. The van der Waals surface area contributed by atoms with E-state index < -0.39 is 5.54 Å². The zero-order chi connectivity index (χ0) is 27.6. The topological polar surface area (TPSA) is 44.3 Å². The molecule has 1 aliphatic rings. The van der Waals surface area contributed by atoms with Gasteiger partial charge in [-0.2, -0.15) is 0 Å². The standard InChI is InChI=1S/C36H27ClN4/c37-31-24-14-13-23-30(31)34-40-36(28-19-9-3-10-20-28,29-21-11-4-12-22-29)33(27-17-7-2-8-18-27)41(34)35-38-25-32(39-35)26-15-5-1-6-16-26/h1-25,33H,(H,38,39). The van der Waals surface area contributed by atoms with E-state index in [1.807, 2.05) is 66.9 Å². The van der Waals surface area contributed by atoms with Gasteiger partial charge < -0.3 is 4.98 Å². The maximum Gasteiger partial charge on any atom is 0.209 e. The number of aromatic nitrogens is 2. The third kappa shape index (κ3) is 4.33. The zero-order valence-electron chi connectivity index (χ0n) is 22.2. The zero-order valence-corrected chi connectivity index (χ0v) is 23.0. The van der Waals surface area contributed by atoms with Gasteiger partial charge in [-0.15, -0.1) is 0 Å². The van der Waals surface area contributed by atoms with Crippen LogP contribution in [0.2, 0.25) is 5.02 Å². The minimum Gasteiger partial charge on any atom is -0.324 e. The number of benzene rings is 5. The van der Waals surface area contributed by atoms with Gasteiger partial charge in [-0.05, 0) is 34.4 Å². The van der Waals surface area contributed by atoms with Crippen LogP contribution >= 0.6 is 11.6 Å². The van der Waals surface area contributed by atoms with Crippen LogP contribution in [0.1, 0.15) is 28.3 Å². The Morgan fingerprint density at radius 3 is 1.78 bits per heavy atom. The first kappa shape index (κ1) is 25.1. The monoisotopic (exact) mass is 550 g/mol. The Morgan fingerprint density at radius 1 is 0.634 bits per heavy atom. The Hall–Kier alpha value is -4.93. The lowest BCUT2D eigenvalue weighted by Gasteiger charge is -2.38. The summed E-state index contributed by atoms with van der Waals surface area (Å²) in [6.07, 6.45) is 1.89. The van der Waals surface area contributed by atoms with Gasteiger partial charge in [-0.25, -0.2) is 9.98 Å². The van der Waals surface area contributed by atoms with Crippen LogP contribution in [0.25, 0.3) is 11.3 Å². The van der Waals surface area contributed by atoms with Crippen molar-refractivity contribution in [1.82, 2.24) is 9.97 Å². The smallest absolute Gasteiger partial charge is 0.209 e. The van der Waals surface area contributed by atoms with Crippen LogP contribution in [-0.4, -0.2) is 15.8 Å². The van der Waals surface area contributed by atoms with E-state index in [1.165, 1.54) is 0 Å². The van der Waals surface area contributed by atoms with Gasteiger partial charge in [0.25, 0.3) is 0 Å². The van der Waals surface area contributed by atoms with Crippen molar-refractivity contribution in [3.05, 3.63) is 179 Å². The van der Waals surface area contributed by atoms with E-state index in [0.29, 0.717) is 11.0 Å². The average molecular weight is 551 g/mol. The van der Waals surface area contributed by atoms with Gasteiger partial charge in [-0.1, -0.05) is 145 Å². The molecule has 6 aromatic rings. The van der Waals surface area contributed by atoms with E-state index in [-0.39, 0.29) is 6.04 Å². The fourth-order valence-electron chi connectivity index (χ4n) is 5.87. The summed E-state index contributed by atoms with van der Waals surface area (Å²) >= 11 is 6.90. The highest BCUT2D eigenvalue weighted by molar-refractivity contribution is 6.35. The van der Waals surface area contributed by atoms with E-state index >= 15 is 0 Å². The summed E-state index contributed by atoms with van der Waals surface area (Å²) in [5.74, 6) is 1.45. The predicted octanol–water partition coefficient (Wildman–Crippen LogP) is 8.68. The molecule has 1 N–H and O–H groups in total. The fraction of sp³-hybridized carbons (Fsp3) is 0.0556. The molecule has 0 amide bonds. The number of aromatic amines is 1. The van der Waals surface area contributed by atoms with E-state index in [9.17, 15) is 0 Å². The number of halogens is 1. The maximum atomic E-state index is 6.90. The number of anilines is 1. The van der Waals surface area contributed by atoms with Crippen LogP contribution in [0.15, 0.2) is 157 Å². The summed E-state index contributed by atoms with van der Waals surface area (Å²) in [7, 11) is 0. The van der Waals surface area contributed by atoms with Crippen LogP contribution in [0, 0.1) is 0 Å². The molecule has 1 aromatic heterocycles. The summed E-state index contributed by atoms with van der Waals surface area (Å²) in [6, 6.07) is 49.5. The summed E-state index contributed by atoms with van der Waals surface area (Å²) in [5, 5.41) is 0.634. The van der Waals surface area contributed by atoms with Crippen molar-refractivity contribution in [2.45, 2.75) is 11.6 Å². The maximum absolute atomic E-state index is 6.90. The van der Waals surface area contributed by atoms with E-state index in [1.54, 1.807) is 0 Å². The second kappa shape index (κ2) is 10.6. The van der Waals surface area contributed by atoms with Crippen LogP contribution in [0.5, 0.6) is 0 Å². The largest absolute Gasteiger partial charge is 0.324 e. The van der Waals surface area contributed by atoms with Crippen LogP contribution in [0.3, 0.4) is 0 Å². The first-order valence-electron chi connectivity index (χ1n) is 13.7. The Bertz CT molecular complexity index is 1760. The van der Waals surface area contributed by atoms with Gasteiger partial charge in [0.05, 0.1) is 23.0 Å². The minimum absolute atomic E-state index is 0.269. The highest BCUT2D eigenvalue weighted by Gasteiger charge is 2.53. The molecule has 1 atom stereocenters. The van der Waals surface area contributed by atoms with Gasteiger partial charge in [0.2, 0.25) is 5.95 Å². The van der Waals surface area contributed by atoms with Gasteiger partial charge in [-0.3, -0.25) is 4.90 Å². The molecule has 7 rings (SSSR count). The Labute approximate surface area is 244 Å². The molecule has 0 aliphatic carbocycles. The fourth-order valence-corrected chi connectivity index (χ4v) is 6.09. The highest BCUT2D eigenvalue weighted by atomic mass is 35.5. The summed E-state index contributed by atoms with van der Waals surface area (Å²) in [6.45, 7) is 0. The van der Waals surface area contributed by atoms with Gasteiger partial charge in [0, 0.05) is 5.56 Å². The first-order valence-corrected chi connectivity index (χ1v) is 14.0. The Kier molecular flexibility index (Phi) is 6.46. The van der Waals surface area contributed by atoms with E-state index in [2.05, 4.69) is 94.8 Å². The lowest BCUT2D eigenvalue weighted by molar-refractivity contribution is 0.463. The van der Waals surface area contributed by atoms with E-state index in [4.69, 9.17) is 21.6 Å². The third-order valence-electron chi connectivity index (χ3n) is 7.70. The molecular formula is C36H27ClN4. The lowest BCUT2D eigenvalue weighted by atomic mass is 9.75. The molecule has 5 aromatic carbocycles. The number of nitrogens with zero attached hydrogens (tertiary/aromatic N) is 3. The Morgan fingerprint density at radius 2 is 1.17 bits per heavy atom. The number of aliphatic imine (C=N–C) groups is 1. The van der Waals surface area contributed by atoms with E-state index in [0.717, 1.165) is 39.3 Å². The normalized spacial score (nSPS) is 16.0. The molecule has 0 saturated heterocycles. The second-order valence-electron chi connectivity index (χ2n) is 10.1. The number of hydrogen-bond donors (Lipinski definition) is 1. The molecule has 0 spiro atoms. The number of imidazole rings is 1. The number of amidine groups is 1. The summed E-state index contributed by atoms with van der Waals surface area (Å²) < 4.78 is 0. The number of nitrogens with one attached hydrogen (secondary N) is 1. The molecular weight excluding hydrogens is 524 g/mol. The molecule has 1 unspecified atom stereocenters. The van der Waals surface area contributed by atoms with Crippen LogP contribution in [0.4, 0.5) is 5.95 Å². The van der Waals surface area contributed by atoms with Crippen molar-refractivity contribution in [3.63, 3.8) is 0 Å². The van der Waals surface area contributed by atoms with Gasteiger partial charge in [0.1, 0.15) is 11.4 Å². The van der Waals surface area contributed by atoms with Crippen LogP contribution < -0.4 is 4.90 Å². The molecule has 0 fully saturated rings. The van der Waals surface area contributed by atoms with Crippen molar-refractivity contribution >= 4 is 23.4 Å². The highest BCUT2D eigenvalue weighted by Crippen LogP contribution is 2.53. The van der Waals surface area contributed by atoms with Gasteiger partial charge in [0.15, 0.2) is 0 Å². The molecule has 0 bridgehead atoms. The molecule has 4 nitrogen and oxygen atoms in total. The molecule has 5 heteroatoms. The molecule has 1 aliphatic heterocycles. The number of rotatable bonds is 6. The average Bonchev–Trinajstić information content (AvgIpc) is 3.67. The molecule has 0 radical (unpaired) electrons. The SMILES string of the molecule is Clc1ccccc1C1=NC(c2ccccc2)(c2ccccc2)C(c2ccccc2)N1c1ncc(-c2ccccc2)[nH]1. The van der Waals surface area contributed by atoms with Crippen molar-refractivity contribution in [3.8, 4) is 11.3 Å². The quantitative estimate of drug-likeness (QED) is 0.225. The van der Waals surface area contributed by atoms with Crippen molar-refractivity contribution in [2.24, 2.45) is 4.99 Å². The summed E-state index contributed by atoms with van der Waals surface area (Å²) in [4.78, 5) is 16.5. The van der Waals surface area contributed by atoms with Crippen molar-refractivity contribution in [1.29, 1.82) is 0 Å². The molecule has 41 heavy (non-hydrogen) atoms. The second-order valence-corrected chi connectivity index (χ2v) is 10.5. The predicted molar refractivity (Wildman–Crippen MR) is 167 cm³/mol. The molecule has 2 heterocycles. The lowest BCUT2D eigenvalue weighted by Crippen LogP contribution is -2.40. The van der Waals surface area contributed by atoms with Crippen LogP contribution in [-0.2, 0) is 5.54 Å². The van der Waals surface area contributed by atoms with Gasteiger partial charge >= 0.3 is 0 Å². The molecule has 198 valence electrons. The molecule has 0 saturated carbocycles. The first-order chi connectivity index (χ1) is 20.3. The number of H-pyrrole nitrogens is 1. The van der Waals surface area contributed by atoms with Crippen molar-refractivity contribution < 1.29 is 0 Å². The van der Waals surface area contributed by atoms with Crippen molar-refractivity contribution in [2.75, 3.05) is 4.90 Å².